The Morgan fingerprint density at radius 3 is 2.84 bits per heavy atom. The quantitative estimate of drug-likeness (QED) is 0.430. The monoisotopic (exact) mass is 359 g/mol. The lowest BCUT2D eigenvalue weighted by atomic mass is 9.97. The van der Waals surface area contributed by atoms with Crippen LogP contribution in [0.3, 0.4) is 0 Å². The molecule has 0 fully saturated rings. The van der Waals surface area contributed by atoms with Crippen molar-refractivity contribution in [2.24, 2.45) is 7.05 Å². The van der Waals surface area contributed by atoms with Gasteiger partial charge in [0.15, 0.2) is 5.78 Å². The maximum Gasteiger partial charge on any atom is 0.209 e. The van der Waals surface area contributed by atoms with Crippen LogP contribution in [0.1, 0.15) is 53.8 Å². The summed E-state index contributed by atoms with van der Waals surface area (Å²) in [5.41, 5.74) is 4.60. The van der Waals surface area contributed by atoms with Crippen molar-refractivity contribution in [2.45, 2.75) is 57.7 Å². The summed E-state index contributed by atoms with van der Waals surface area (Å²) in [6.45, 7) is 5.08. The molecule has 1 aliphatic carbocycles. The van der Waals surface area contributed by atoms with Crippen molar-refractivity contribution < 1.29 is 4.79 Å². The molecule has 0 atom stereocenters. The molecule has 25 heavy (non-hydrogen) atoms. The molecule has 2 aromatic heterocycles. The number of nitrogens with zero attached hydrogens (tertiary/aromatic N) is 5. The number of carbonyl (C=O) groups is 1. The second kappa shape index (κ2) is 7.99. The molecular weight excluding hydrogens is 334 g/mol. The van der Waals surface area contributed by atoms with E-state index in [0.29, 0.717) is 10.9 Å². The number of ketones is 1. The first kappa shape index (κ1) is 17.9. The molecule has 0 aliphatic heterocycles. The highest BCUT2D eigenvalue weighted by molar-refractivity contribution is 7.99. The van der Waals surface area contributed by atoms with E-state index in [1.165, 1.54) is 37.4 Å². The lowest BCUT2D eigenvalue weighted by molar-refractivity contribution is 0.102. The van der Waals surface area contributed by atoms with E-state index >= 15 is 0 Å². The number of allylic oxidation sites excluding steroid dienone is 2. The van der Waals surface area contributed by atoms with E-state index in [-0.39, 0.29) is 5.78 Å². The van der Waals surface area contributed by atoms with E-state index in [2.05, 4.69) is 33.1 Å². The number of rotatable bonds is 7. The third-order valence-electron chi connectivity index (χ3n) is 4.83. The molecule has 0 spiro atoms. The molecule has 6 nitrogen and oxygen atoms in total. The van der Waals surface area contributed by atoms with E-state index in [0.717, 1.165) is 29.9 Å². The number of thioether (sulfide) groups is 1. The fraction of sp³-hybridized carbons (Fsp3) is 0.556. The van der Waals surface area contributed by atoms with Gasteiger partial charge in [0.2, 0.25) is 5.16 Å². The molecule has 2 aromatic rings. The highest BCUT2D eigenvalue weighted by atomic mass is 32.2. The Morgan fingerprint density at radius 2 is 2.16 bits per heavy atom. The van der Waals surface area contributed by atoms with Gasteiger partial charge in [-0.3, -0.25) is 4.79 Å². The maximum absolute atomic E-state index is 12.6. The van der Waals surface area contributed by atoms with Gasteiger partial charge in [0.05, 0.1) is 5.75 Å². The molecule has 0 aromatic carbocycles. The first-order chi connectivity index (χ1) is 12.1. The average Bonchev–Trinajstić information content (AvgIpc) is 3.15. The van der Waals surface area contributed by atoms with Gasteiger partial charge in [-0.25, -0.2) is 4.68 Å². The number of hydrogen-bond acceptors (Lipinski definition) is 5. The summed E-state index contributed by atoms with van der Waals surface area (Å²) in [5, 5.41) is 12.0. The van der Waals surface area contributed by atoms with Crippen molar-refractivity contribution in [3.05, 3.63) is 34.7 Å². The summed E-state index contributed by atoms with van der Waals surface area (Å²) in [6, 6.07) is 2.02. The summed E-state index contributed by atoms with van der Waals surface area (Å²) >= 11 is 1.38. The zero-order valence-electron chi connectivity index (χ0n) is 15.2. The third-order valence-corrected chi connectivity index (χ3v) is 5.84. The summed E-state index contributed by atoms with van der Waals surface area (Å²) in [7, 11) is 1.78. The fourth-order valence-electron chi connectivity index (χ4n) is 3.37. The number of aryl methyl sites for hydroxylation is 2. The van der Waals surface area contributed by atoms with E-state index in [9.17, 15) is 4.79 Å². The predicted octanol–water partition coefficient (Wildman–Crippen LogP) is 3.49. The van der Waals surface area contributed by atoms with Crippen molar-refractivity contribution in [2.75, 3.05) is 5.75 Å². The van der Waals surface area contributed by atoms with Crippen LogP contribution in [-0.4, -0.2) is 36.3 Å². The third kappa shape index (κ3) is 4.21. The van der Waals surface area contributed by atoms with Crippen LogP contribution >= 0.6 is 11.8 Å². The molecule has 1 aliphatic rings. The zero-order valence-corrected chi connectivity index (χ0v) is 16.0. The largest absolute Gasteiger partial charge is 0.348 e. The molecule has 0 radical (unpaired) electrons. The van der Waals surface area contributed by atoms with E-state index < -0.39 is 0 Å². The van der Waals surface area contributed by atoms with Gasteiger partial charge < -0.3 is 4.57 Å². The molecule has 0 bridgehead atoms. The Labute approximate surface area is 152 Å². The van der Waals surface area contributed by atoms with Gasteiger partial charge in [0.1, 0.15) is 0 Å². The topological polar surface area (TPSA) is 65.6 Å². The number of tetrazole rings is 1. The highest BCUT2D eigenvalue weighted by Gasteiger charge is 2.17. The fourth-order valence-corrected chi connectivity index (χ4v) is 4.10. The van der Waals surface area contributed by atoms with Crippen LogP contribution in [0.5, 0.6) is 0 Å². The Kier molecular flexibility index (Phi) is 5.73. The van der Waals surface area contributed by atoms with Gasteiger partial charge in [-0.15, -0.1) is 5.10 Å². The SMILES string of the molecule is Cc1cc(C(=O)CSc2nnnn2C)c(C)n1CCC1=CCCCC1. The van der Waals surface area contributed by atoms with Gasteiger partial charge in [0.25, 0.3) is 0 Å². The number of carbonyl (C=O) groups excluding carboxylic acids is 1. The molecule has 2 heterocycles. The normalized spacial score (nSPS) is 14.6. The van der Waals surface area contributed by atoms with Gasteiger partial charge in [-0.05, 0) is 62.4 Å². The van der Waals surface area contributed by atoms with Crippen LogP contribution in [-0.2, 0) is 13.6 Å². The molecule has 134 valence electrons. The van der Waals surface area contributed by atoms with Gasteiger partial charge in [-0.2, -0.15) is 0 Å². The molecular formula is C18H25N5OS. The van der Waals surface area contributed by atoms with Crippen molar-refractivity contribution in [3.8, 4) is 0 Å². The minimum atomic E-state index is 0.129. The average molecular weight is 359 g/mol. The Balaban J connectivity index is 1.65. The molecule has 0 amide bonds. The standard InChI is InChI=1S/C18H25N5OS/c1-13-11-16(17(24)12-25-18-19-20-21-22(18)3)14(2)23(13)10-9-15-7-5-4-6-8-15/h7,11H,4-6,8-10,12H2,1-3H3. The smallest absolute Gasteiger partial charge is 0.209 e. The van der Waals surface area contributed by atoms with Gasteiger partial charge in [-0.1, -0.05) is 23.4 Å². The Hall–Kier alpha value is -1.89. The van der Waals surface area contributed by atoms with Gasteiger partial charge >= 0.3 is 0 Å². The van der Waals surface area contributed by atoms with Crippen molar-refractivity contribution >= 4 is 17.5 Å². The minimum absolute atomic E-state index is 0.129. The predicted molar refractivity (Wildman–Crippen MR) is 98.9 cm³/mol. The van der Waals surface area contributed by atoms with E-state index in [4.69, 9.17) is 0 Å². The number of hydrogen-bond donors (Lipinski definition) is 0. The highest BCUT2D eigenvalue weighted by Crippen LogP contribution is 2.24. The number of Topliss-reactive ketones (excluding diaryl/α,β-unsaturated/α-hetero) is 1. The molecule has 0 unspecified atom stereocenters. The first-order valence-electron chi connectivity index (χ1n) is 8.79. The zero-order chi connectivity index (χ0) is 17.8. The summed E-state index contributed by atoms with van der Waals surface area (Å²) in [4.78, 5) is 12.6. The molecule has 3 rings (SSSR count). The first-order valence-corrected chi connectivity index (χ1v) is 9.78. The van der Waals surface area contributed by atoms with Crippen LogP contribution in [0.2, 0.25) is 0 Å². The van der Waals surface area contributed by atoms with Crippen molar-refractivity contribution in [1.29, 1.82) is 0 Å². The molecule has 0 saturated carbocycles. The molecule has 0 saturated heterocycles. The number of aromatic nitrogens is 5. The van der Waals surface area contributed by atoms with Crippen LogP contribution in [0, 0.1) is 13.8 Å². The molecule has 7 heteroatoms. The van der Waals surface area contributed by atoms with Gasteiger partial charge in [0, 0.05) is 30.5 Å². The van der Waals surface area contributed by atoms with E-state index in [1.807, 2.05) is 13.0 Å². The lowest BCUT2D eigenvalue weighted by Gasteiger charge is -2.15. The van der Waals surface area contributed by atoms with Crippen LogP contribution < -0.4 is 0 Å². The summed E-state index contributed by atoms with van der Waals surface area (Å²) < 4.78 is 3.86. The van der Waals surface area contributed by atoms with Crippen LogP contribution in [0.15, 0.2) is 22.9 Å². The molecule has 0 N–H and O–H groups in total. The maximum atomic E-state index is 12.6. The Morgan fingerprint density at radius 1 is 1.32 bits per heavy atom. The Bertz CT molecular complexity index is 789. The second-order valence-corrected chi connectivity index (χ2v) is 7.53. The van der Waals surface area contributed by atoms with E-state index in [1.54, 1.807) is 17.3 Å². The lowest BCUT2D eigenvalue weighted by Crippen LogP contribution is -2.08. The second-order valence-electron chi connectivity index (χ2n) is 6.59. The van der Waals surface area contributed by atoms with Crippen LogP contribution in [0.4, 0.5) is 0 Å². The van der Waals surface area contributed by atoms with Crippen molar-refractivity contribution in [1.82, 2.24) is 24.8 Å². The minimum Gasteiger partial charge on any atom is -0.348 e. The summed E-state index contributed by atoms with van der Waals surface area (Å²) in [5.74, 6) is 0.480. The summed E-state index contributed by atoms with van der Waals surface area (Å²) in [6.07, 6.45) is 8.57. The van der Waals surface area contributed by atoms with Crippen LogP contribution in [0.25, 0.3) is 0 Å². The van der Waals surface area contributed by atoms with Crippen molar-refractivity contribution in [3.63, 3.8) is 0 Å².